The maximum atomic E-state index is 5.64. The zero-order chi connectivity index (χ0) is 24.5. The molecule has 0 atom stereocenters. The summed E-state index contributed by atoms with van der Waals surface area (Å²) in [6.45, 7) is 21.5. The van der Waals surface area contributed by atoms with Crippen LogP contribution in [0.5, 0.6) is 0 Å². The standard InChI is InChI=1S/C30H49N3O2.ClH/c1-29(2)20-25(21-30(3,4)23-29)27-19-26(32-13-17-35-18-14-32)5-6-28(27)33-11-9-31(10-12-33)22-24-7-15-34-16-8-24;/h5-6,19,24-25H,7-18,20-23H2,1-4H3;1H. The Bertz CT molecular complexity index is 825. The van der Waals surface area contributed by atoms with E-state index in [0.717, 1.165) is 58.5 Å². The van der Waals surface area contributed by atoms with E-state index in [1.54, 1.807) is 5.56 Å². The van der Waals surface area contributed by atoms with E-state index in [1.807, 2.05) is 0 Å². The van der Waals surface area contributed by atoms with E-state index in [1.165, 1.54) is 63.1 Å². The van der Waals surface area contributed by atoms with Gasteiger partial charge in [0.05, 0.1) is 13.2 Å². The molecule has 0 radical (unpaired) electrons. The van der Waals surface area contributed by atoms with Crippen molar-refractivity contribution in [3.05, 3.63) is 23.8 Å². The van der Waals surface area contributed by atoms with Crippen LogP contribution < -0.4 is 9.80 Å². The summed E-state index contributed by atoms with van der Waals surface area (Å²) in [5, 5.41) is 0. The van der Waals surface area contributed by atoms with Gasteiger partial charge in [-0.1, -0.05) is 27.7 Å². The number of anilines is 2. The van der Waals surface area contributed by atoms with Gasteiger partial charge < -0.3 is 19.3 Å². The molecule has 204 valence electrons. The number of morpholine rings is 1. The quantitative estimate of drug-likeness (QED) is 0.489. The van der Waals surface area contributed by atoms with Gasteiger partial charge in [0.2, 0.25) is 0 Å². The number of halogens is 1. The van der Waals surface area contributed by atoms with E-state index in [2.05, 4.69) is 60.6 Å². The molecule has 1 saturated carbocycles. The number of benzene rings is 1. The van der Waals surface area contributed by atoms with Crippen LogP contribution in [0.3, 0.4) is 0 Å². The van der Waals surface area contributed by atoms with Crippen LogP contribution in [-0.2, 0) is 9.47 Å². The smallest absolute Gasteiger partial charge is 0.0642 e. The maximum Gasteiger partial charge on any atom is 0.0642 e. The lowest BCUT2D eigenvalue weighted by Gasteiger charge is -2.47. The van der Waals surface area contributed by atoms with Gasteiger partial charge in [-0.3, -0.25) is 4.90 Å². The molecule has 0 unspecified atom stereocenters. The maximum absolute atomic E-state index is 5.64. The van der Waals surface area contributed by atoms with Gasteiger partial charge in [0.25, 0.3) is 0 Å². The van der Waals surface area contributed by atoms with Crippen molar-refractivity contribution in [3.8, 4) is 0 Å². The van der Waals surface area contributed by atoms with Crippen LogP contribution >= 0.6 is 12.4 Å². The van der Waals surface area contributed by atoms with E-state index in [4.69, 9.17) is 9.47 Å². The molecule has 36 heavy (non-hydrogen) atoms. The van der Waals surface area contributed by atoms with E-state index in [9.17, 15) is 0 Å². The van der Waals surface area contributed by atoms with E-state index >= 15 is 0 Å². The van der Waals surface area contributed by atoms with Crippen LogP contribution in [0.4, 0.5) is 11.4 Å². The Morgan fingerprint density at radius 3 is 2.03 bits per heavy atom. The average Bonchev–Trinajstić information content (AvgIpc) is 2.83. The molecule has 1 aliphatic carbocycles. The third kappa shape index (κ3) is 6.89. The highest BCUT2D eigenvalue weighted by molar-refractivity contribution is 5.85. The molecule has 3 heterocycles. The molecular weight excluding hydrogens is 470 g/mol. The van der Waals surface area contributed by atoms with Gasteiger partial charge in [-0.05, 0) is 78.5 Å². The molecule has 0 bridgehead atoms. The van der Waals surface area contributed by atoms with Crippen molar-refractivity contribution >= 4 is 23.8 Å². The van der Waals surface area contributed by atoms with Crippen LogP contribution in [0.1, 0.15) is 71.3 Å². The monoisotopic (exact) mass is 519 g/mol. The molecule has 0 N–H and O–H groups in total. The molecule has 5 rings (SSSR count). The van der Waals surface area contributed by atoms with Gasteiger partial charge in [-0.15, -0.1) is 12.4 Å². The highest BCUT2D eigenvalue weighted by Crippen LogP contribution is 2.53. The summed E-state index contributed by atoms with van der Waals surface area (Å²) in [6.07, 6.45) is 6.38. The highest BCUT2D eigenvalue weighted by atomic mass is 35.5. The van der Waals surface area contributed by atoms with E-state index in [-0.39, 0.29) is 12.4 Å². The van der Waals surface area contributed by atoms with E-state index < -0.39 is 0 Å². The number of ether oxygens (including phenoxy) is 2. The molecule has 1 aromatic carbocycles. The third-order valence-corrected chi connectivity index (χ3v) is 8.95. The van der Waals surface area contributed by atoms with Crippen molar-refractivity contribution < 1.29 is 9.47 Å². The molecule has 4 fully saturated rings. The minimum absolute atomic E-state index is 0. The fourth-order valence-electron chi connectivity index (χ4n) is 7.71. The summed E-state index contributed by atoms with van der Waals surface area (Å²) in [5.74, 6) is 1.45. The number of piperazine rings is 1. The molecular formula is C30H50ClN3O2. The van der Waals surface area contributed by atoms with Crippen LogP contribution in [-0.4, -0.2) is 77.1 Å². The first kappa shape index (κ1) is 28.0. The SMILES string of the molecule is CC1(C)CC(c2cc(N3CCOCC3)ccc2N2CCN(CC3CCOCC3)CC2)CC(C)(C)C1.Cl. The lowest BCUT2D eigenvalue weighted by molar-refractivity contribution is 0.0517. The van der Waals surface area contributed by atoms with Crippen LogP contribution in [0.15, 0.2) is 18.2 Å². The Balaban J connectivity index is 0.00000304. The zero-order valence-electron chi connectivity index (χ0n) is 23.3. The first-order valence-corrected chi connectivity index (χ1v) is 14.3. The Morgan fingerprint density at radius 1 is 0.778 bits per heavy atom. The number of hydrogen-bond donors (Lipinski definition) is 0. The summed E-state index contributed by atoms with van der Waals surface area (Å²) in [7, 11) is 0. The molecule has 6 heteroatoms. The number of nitrogens with zero attached hydrogens (tertiary/aromatic N) is 3. The summed E-state index contributed by atoms with van der Waals surface area (Å²) in [5.41, 5.74) is 5.28. The second-order valence-corrected chi connectivity index (χ2v) is 13.3. The molecule has 4 aliphatic rings. The Kier molecular flexibility index (Phi) is 9.18. The van der Waals surface area contributed by atoms with Crippen molar-refractivity contribution in [2.24, 2.45) is 16.7 Å². The summed E-state index contributed by atoms with van der Waals surface area (Å²) < 4.78 is 11.2. The topological polar surface area (TPSA) is 28.2 Å². The Morgan fingerprint density at radius 2 is 1.39 bits per heavy atom. The van der Waals surface area contributed by atoms with Gasteiger partial charge >= 0.3 is 0 Å². The summed E-state index contributed by atoms with van der Waals surface area (Å²) in [4.78, 5) is 7.94. The zero-order valence-corrected chi connectivity index (χ0v) is 24.1. The first-order valence-electron chi connectivity index (χ1n) is 14.3. The van der Waals surface area contributed by atoms with E-state index in [0.29, 0.717) is 16.7 Å². The average molecular weight is 520 g/mol. The molecule has 0 amide bonds. The Labute approximate surface area is 226 Å². The largest absolute Gasteiger partial charge is 0.381 e. The minimum atomic E-state index is 0. The number of hydrogen-bond acceptors (Lipinski definition) is 5. The lowest BCUT2D eigenvalue weighted by atomic mass is 9.60. The highest BCUT2D eigenvalue weighted by Gasteiger charge is 2.40. The summed E-state index contributed by atoms with van der Waals surface area (Å²) in [6, 6.07) is 7.41. The van der Waals surface area contributed by atoms with Gasteiger partial charge in [0.1, 0.15) is 0 Å². The van der Waals surface area contributed by atoms with Crippen molar-refractivity contribution in [2.75, 3.05) is 82.0 Å². The molecule has 0 spiro atoms. The van der Waals surface area contributed by atoms with Gasteiger partial charge in [-0.25, -0.2) is 0 Å². The number of rotatable bonds is 5. The second kappa shape index (κ2) is 11.8. The fraction of sp³-hybridized carbons (Fsp3) is 0.800. The van der Waals surface area contributed by atoms with Crippen LogP contribution in [0.25, 0.3) is 0 Å². The van der Waals surface area contributed by atoms with Gasteiger partial charge in [-0.2, -0.15) is 0 Å². The summed E-state index contributed by atoms with van der Waals surface area (Å²) >= 11 is 0. The van der Waals surface area contributed by atoms with Crippen LogP contribution in [0, 0.1) is 16.7 Å². The minimum Gasteiger partial charge on any atom is -0.381 e. The molecule has 1 aromatic rings. The van der Waals surface area contributed by atoms with Crippen molar-refractivity contribution in [2.45, 2.75) is 65.7 Å². The Hall–Kier alpha value is -1.01. The van der Waals surface area contributed by atoms with Crippen molar-refractivity contribution in [3.63, 3.8) is 0 Å². The predicted octanol–water partition coefficient (Wildman–Crippen LogP) is 5.81. The molecule has 3 aliphatic heterocycles. The lowest BCUT2D eigenvalue weighted by Crippen LogP contribution is -2.48. The van der Waals surface area contributed by atoms with Crippen molar-refractivity contribution in [1.29, 1.82) is 0 Å². The predicted molar refractivity (Wildman–Crippen MR) is 153 cm³/mol. The first-order chi connectivity index (χ1) is 16.8. The van der Waals surface area contributed by atoms with Crippen LogP contribution in [0.2, 0.25) is 0 Å². The molecule has 0 aromatic heterocycles. The molecule has 5 nitrogen and oxygen atoms in total. The van der Waals surface area contributed by atoms with Gasteiger partial charge in [0, 0.05) is 70.4 Å². The van der Waals surface area contributed by atoms with Gasteiger partial charge in [0.15, 0.2) is 0 Å². The van der Waals surface area contributed by atoms with Crippen molar-refractivity contribution in [1.82, 2.24) is 4.90 Å². The third-order valence-electron chi connectivity index (χ3n) is 8.95. The molecule has 3 saturated heterocycles. The second-order valence-electron chi connectivity index (χ2n) is 13.3. The normalized spacial score (nSPS) is 26.0. The fourth-order valence-corrected chi connectivity index (χ4v) is 7.71.